The molecule has 4 nitrogen and oxygen atoms in total. The molecule has 1 aromatic carbocycles. The zero-order valence-corrected chi connectivity index (χ0v) is 10.5. The van der Waals surface area contributed by atoms with E-state index in [-0.39, 0.29) is 0 Å². The highest BCUT2D eigenvalue weighted by Gasteiger charge is 2.23. The van der Waals surface area contributed by atoms with E-state index in [0.29, 0.717) is 18.9 Å². The molecule has 0 saturated carbocycles. The van der Waals surface area contributed by atoms with Gasteiger partial charge in [0, 0.05) is 0 Å². The number of nitrogens with zero attached hydrogens (tertiary/aromatic N) is 1. The van der Waals surface area contributed by atoms with Gasteiger partial charge in [0.05, 0.1) is 6.07 Å². The van der Waals surface area contributed by atoms with Gasteiger partial charge in [0.25, 0.3) is 0 Å². The van der Waals surface area contributed by atoms with Crippen LogP contribution in [0.5, 0.6) is 0 Å². The van der Waals surface area contributed by atoms with Crippen LogP contribution < -0.4 is 4.72 Å². The molecule has 1 rings (SSSR count). The first-order valence-corrected chi connectivity index (χ1v) is 6.76. The van der Waals surface area contributed by atoms with Crippen LogP contribution in [0.1, 0.15) is 19.8 Å². The van der Waals surface area contributed by atoms with Gasteiger partial charge in [-0.2, -0.15) is 9.98 Å². The number of nitrogens with one attached hydrogen (secondary N) is 1. The summed E-state index contributed by atoms with van der Waals surface area (Å²) in [6, 6.07) is 2.93. The average Bonchev–Trinajstić information content (AvgIpc) is 2.31. The summed E-state index contributed by atoms with van der Waals surface area (Å²) in [5.41, 5.74) is 0. The van der Waals surface area contributed by atoms with Crippen LogP contribution in [-0.2, 0) is 10.0 Å². The summed E-state index contributed by atoms with van der Waals surface area (Å²) in [4.78, 5) is -0.793. The number of benzene rings is 1. The SMILES string of the molecule is CCCC(C#N)NS(=O)(=O)c1cc(F)ccc1F. The zero-order chi connectivity index (χ0) is 13.8. The second-order valence-electron chi connectivity index (χ2n) is 3.67. The van der Waals surface area contributed by atoms with Gasteiger partial charge in [-0.3, -0.25) is 0 Å². The topological polar surface area (TPSA) is 70.0 Å². The van der Waals surface area contributed by atoms with Crippen molar-refractivity contribution in [1.82, 2.24) is 4.72 Å². The maximum absolute atomic E-state index is 13.3. The Morgan fingerprint density at radius 2 is 2.11 bits per heavy atom. The fourth-order valence-corrected chi connectivity index (χ4v) is 2.64. The van der Waals surface area contributed by atoms with Crippen molar-refractivity contribution in [3.63, 3.8) is 0 Å². The van der Waals surface area contributed by atoms with Crippen molar-refractivity contribution in [3.8, 4) is 6.07 Å². The van der Waals surface area contributed by atoms with Crippen LogP contribution >= 0.6 is 0 Å². The summed E-state index contributed by atoms with van der Waals surface area (Å²) in [6.45, 7) is 1.78. The summed E-state index contributed by atoms with van der Waals surface area (Å²) in [5.74, 6) is -1.92. The first kappa shape index (κ1) is 14.5. The van der Waals surface area contributed by atoms with Crippen molar-refractivity contribution >= 4 is 10.0 Å². The van der Waals surface area contributed by atoms with Crippen LogP contribution in [0, 0.1) is 23.0 Å². The number of halogens is 2. The Hall–Kier alpha value is -1.52. The molecule has 1 atom stereocenters. The molecule has 0 aliphatic rings. The number of sulfonamides is 1. The van der Waals surface area contributed by atoms with Crippen molar-refractivity contribution in [1.29, 1.82) is 5.26 Å². The van der Waals surface area contributed by atoms with Gasteiger partial charge in [0.1, 0.15) is 22.6 Å². The van der Waals surface area contributed by atoms with Crippen LogP contribution in [-0.4, -0.2) is 14.5 Å². The third kappa shape index (κ3) is 3.48. The molecule has 0 aromatic heterocycles. The lowest BCUT2D eigenvalue weighted by molar-refractivity contribution is 0.536. The Balaban J connectivity index is 3.07. The molecule has 1 unspecified atom stereocenters. The number of hydrogen-bond donors (Lipinski definition) is 1. The standard InChI is InChI=1S/C11H12F2N2O2S/c1-2-3-9(7-14)15-18(16,17)11-6-8(12)4-5-10(11)13/h4-6,9,15H,2-3H2,1H3. The number of hydrogen-bond acceptors (Lipinski definition) is 3. The Bertz CT molecular complexity index is 567. The Labute approximate surface area is 104 Å². The van der Waals surface area contributed by atoms with E-state index in [4.69, 9.17) is 5.26 Å². The molecular formula is C11H12F2N2O2S. The van der Waals surface area contributed by atoms with Crippen LogP contribution in [0.25, 0.3) is 0 Å². The highest BCUT2D eigenvalue weighted by Crippen LogP contribution is 2.16. The van der Waals surface area contributed by atoms with Crippen molar-refractivity contribution in [2.75, 3.05) is 0 Å². The van der Waals surface area contributed by atoms with Crippen molar-refractivity contribution in [3.05, 3.63) is 29.8 Å². The smallest absolute Gasteiger partial charge is 0.207 e. The number of rotatable bonds is 5. The maximum Gasteiger partial charge on any atom is 0.244 e. The molecule has 1 aromatic rings. The van der Waals surface area contributed by atoms with E-state index in [2.05, 4.69) is 0 Å². The lowest BCUT2D eigenvalue weighted by Crippen LogP contribution is -2.34. The van der Waals surface area contributed by atoms with E-state index in [1.54, 1.807) is 13.0 Å². The lowest BCUT2D eigenvalue weighted by Gasteiger charge is -2.11. The van der Waals surface area contributed by atoms with E-state index in [0.717, 1.165) is 12.1 Å². The molecular weight excluding hydrogens is 262 g/mol. The third-order valence-electron chi connectivity index (χ3n) is 2.21. The molecule has 18 heavy (non-hydrogen) atoms. The molecule has 0 fully saturated rings. The predicted molar refractivity (Wildman–Crippen MR) is 61.0 cm³/mol. The van der Waals surface area contributed by atoms with Crippen molar-refractivity contribution in [2.45, 2.75) is 30.7 Å². The molecule has 0 aliphatic carbocycles. The average molecular weight is 274 g/mol. The van der Waals surface area contributed by atoms with Gasteiger partial charge in [-0.25, -0.2) is 17.2 Å². The van der Waals surface area contributed by atoms with E-state index in [1.165, 1.54) is 0 Å². The largest absolute Gasteiger partial charge is 0.244 e. The third-order valence-corrected chi connectivity index (χ3v) is 3.70. The summed E-state index contributed by atoms with van der Waals surface area (Å²) in [6.07, 6.45) is 0.888. The molecule has 0 aliphatic heterocycles. The summed E-state index contributed by atoms with van der Waals surface area (Å²) in [7, 11) is -4.23. The fourth-order valence-electron chi connectivity index (χ4n) is 1.37. The normalized spacial score (nSPS) is 13.0. The molecule has 0 saturated heterocycles. The summed E-state index contributed by atoms with van der Waals surface area (Å²) >= 11 is 0. The molecule has 0 spiro atoms. The Morgan fingerprint density at radius 3 is 2.67 bits per heavy atom. The highest BCUT2D eigenvalue weighted by molar-refractivity contribution is 7.89. The summed E-state index contributed by atoms with van der Waals surface area (Å²) < 4.78 is 51.9. The monoisotopic (exact) mass is 274 g/mol. The van der Waals surface area contributed by atoms with Gasteiger partial charge in [-0.05, 0) is 24.6 Å². The van der Waals surface area contributed by atoms with Gasteiger partial charge in [0.2, 0.25) is 10.0 Å². The van der Waals surface area contributed by atoms with E-state index >= 15 is 0 Å². The molecule has 1 N–H and O–H groups in total. The number of nitriles is 1. The minimum Gasteiger partial charge on any atom is -0.207 e. The van der Waals surface area contributed by atoms with Gasteiger partial charge in [-0.15, -0.1) is 0 Å². The van der Waals surface area contributed by atoms with Crippen LogP contribution in [0.15, 0.2) is 23.1 Å². The first-order valence-electron chi connectivity index (χ1n) is 5.27. The van der Waals surface area contributed by atoms with Gasteiger partial charge >= 0.3 is 0 Å². The fraction of sp³-hybridized carbons (Fsp3) is 0.364. The van der Waals surface area contributed by atoms with Crippen LogP contribution in [0.4, 0.5) is 8.78 Å². The second-order valence-corrected chi connectivity index (χ2v) is 5.35. The van der Waals surface area contributed by atoms with Crippen molar-refractivity contribution in [2.24, 2.45) is 0 Å². The molecule has 0 bridgehead atoms. The van der Waals surface area contributed by atoms with E-state index in [1.807, 2.05) is 4.72 Å². The van der Waals surface area contributed by atoms with Gasteiger partial charge in [0.15, 0.2) is 0 Å². The minimum atomic E-state index is -4.23. The zero-order valence-electron chi connectivity index (χ0n) is 9.65. The van der Waals surface area contributed by atoms with Gasteiger partial charge in [-0.1, -0.05) is 13.3 Å². The minimum absolute atomic E-state index is 0.298. The van der Waals surface area contributed by atoms with Crippen molar-refractivity contribution < 1.29 is 17.2 Å². The highest BCUT2D eigenvalue weighted by atomic mass is 32.2. The maximum atomic E-state index is 13.3. The molecule has 98 valence electrons. The van der Waals surface area contributed by atoms with Gasteiger partial charge < -0.3 is 0 Å². The molecule has 0 heterocycles. The molecule has 7 heteroatoms. The molecule has 0 amide bonds. The first-order chi connectivity index (χ1) is 8.40. The van der Waals surface area contributed by atoms with Crippen LogP contribution in [0.2, 0.25) is 0 Å². The molecule has 0 radical (unpaired) electrons. The summed E-state index contributed by atoms with van der Waals surface area (Å²) in [5, 5.41) is 8.75. The Morgan fingerprint density at radius 1 is 1.44 bits per heavy atom. The Kier molecular flexibility index (Phi) is 4.76. The second kappa shape index (κ2) is 5.89. The van der Waals surface area contributed by atoms with E-state index < -0.39 is 32.6 Å². The predicted octanol–water partition coefficient (Wildman–Crippen LogP) is 1.94. The lowest BCUT2D eigenvalue weighted by atomic mass is 10.2. The quantitative estimate of drug-likeness (QED) is 0.892. The van der Waals surface area contributed by atoms with E-state index in [9.17, 15) is 17.2 Å². The van der Waals surface area contributed by atoms with Crippen LogP contribution in [0.3, 0.4) is 0 Å².